The smallest absolute Gasteiger partial charge is 0.393 e. The van der Waals surface area contributed by atoms with Crippen LogP contribution in [0.25, 0.3) is 0 Å². The molecule has 1 aromatic rings. The average molecular weight is 568 g/mol. The van der Waals surface area contributed by atoms with Gasteiger partial charge in [0.15, 0.2) is 0 Å². The summed E-state index contributed by atoms with van der Waals surface area (Å²) >= 11 is 1.68. The summed E-state index contributed by atoms with van der Waals surface area (Å²) in [5, 5.41) is 21.3. The summed E-state index contributed by atoms with van der Waals surface area (Å²) in [5.74, 6) is -0.526. The molecule has 0 radical (unpaired) electrons. The van der Waals surface area contributed by atoms with Gasteiger partial charge in [-0.3, -0.25) is 9.52 Å². The SMILES string of the molecule is CSC(CCc1cccc(C(F)(F)F)c1)CCC1C(O)CC(O)C1CCCCCCC(=O)NS(C)(=O)=O. The molecule has 1 aromatic carbocycles. The lowest BCUT2D eigenvalue weighted by molar-refractivity contribution is -0.137. The molecule has 1 aliphatic rings. The van der Waals surface area contributed by atoms with Crippen molar-refractivity contribution in [2.24, 2.45) is 11.8 Å². The van der Waals surface area contributed by atoms with E-state index in [-0.39, 0.29) is 23.5 Å². The highest BCUT2D eigenvalue weighted by atomic mass is 32.2. The van der Waals surface area contributed by atoms with E-state index in [1.807, 2.05) is 11.0 Å². The number of sulfonamides is 1. The van der Waals surface area contributed by atoms with Crippen molar-refractivity contribution in [3.05, 3.63) is 35.4 Å². The van der Waals surface area contributed by atoms with Gasteiger partial charge in [-0.1, -0.05) is 37.5 Å². The second-order valence-corrected chi connectivity index (χ2v) is 13.0. The summed E-state index contributed by atoms with van der Waals surface area (Å²) in [7, 11) is -3.53. The van der Waals surface area contributed by atoms with Gasteiger partial charge in [0.1, 0.15) is 0 Å². The molecule has 1 saturated carbocycles. The van der Waals surface area contributed by atoms with Crippen molar-refractivity contribution < 1.29 is 36.6 Å². The molecule has 3 N–H and O–H groups in total. The van der Waals surface area contributed by atoms with E-state index >= 15 is 0 Å². The Morgan fingerprint density at radius 3 is 2.35 bits per heavy atom. The van der Waals surface area contributed by atoms with Crippen molar-refractivity contribution in [1.29, 1.82) is 0 Å². The molecule has 1 aliphatic carbocycles. The van der Waals surface area contributed by atoms with Gasteiger partial charge in [-0.15, -0.1) is 0 Å². The zero-order valence-electron chi connectivity index (χ0n) is 21.5. The van der Waals surface area contributed by atoms with E-state index in [0.717, 1.165) is 57.3 Å². The van der Waals surface area contributed by atoms with Crippen LogP contribution in [0.1, 0.15) is 75.3 Å². The highest BCUT2D eigenvalue weighted by Gasteiger charge is 2.40. The topological polar surface area (TPSA) is 104 Å². The van der Waals surface area contributed by atoms with E-state index in [1.165, 1.54) is 12.1 Å². The van der Waals surface area contributed by atoms with Crippen molar-refractivity contribution in [3.8, 4) is 0 Å². The molecule has 212 valence electrons. The first kappa shape index (κ1) is 31.9. The Balaban J connectivity index is 1.77. The summed E-state index contributed by atoms with van der Waals surface area (Å²) in [5.41, 5.74) is 0.0330. The van der Waals surface area contributed by atoms with Gasteiger partial charge >= 0.3 is 6.18 Å². The highest BCUT2D eigenvalue weighted by Crippen LogP contribution is 2.40. The number of alkyl halides is 3. The number of hydrogen-bond acceptors (Lipinski definition) is 6. The summed E-state index contributed by atoms with van der Waals surface area (Å²) in [6, 6.07) is 5.45. The van der Waals surface area contributed by atoms with Crippen molar-refractivity contribution in [2.75, 3.05) is 12.5 Å². The molecule has 37 heavy (non-hydrogen) atoms. The molecule has 0 spiro atoms. The third-order valence-corrected chi connectivity index (χ3v) is 8.91. The van der Waals surface area contributed by atoms with Crippen LogP contribution in [0.15, 0.2) is 24.3 Å². The fraction of sp³-hybridized carbons (Fsp3) is 0.731. The molecule has 0 bridgehead atoms. The van der Waals surface area contributed by atoms with Gasteiger partial charge in [0.2, 0.25) is 15.9 Å². The molecule has 2 rings (SSSR count). The lowest BCUT2D eigenvalue weighted by atomic mass is 9.84. The van der Waals surface area contributed by atoms with Crippen LogP contribution < -0.4 is 4.72 Å². The first-order valence-electron chi connectivity index (χ1n) is 12.9. The predicted octanol–water partition coefficient (Wildman–Crippen LogP) is 4.92. The van der Waals surface area contributed by atoms with Crippen molar-refractivity contribution in [3.63, 3.8) is 0 Å². The lowest BCUT2D eigenvalue weighted by Gasteiger charge is -2.25. The molecular weight excluding hydrogens is 527 g/mol. The molecule has 0 aromatic heterocycles. The highest BCUT2D eigenvalue weighted by molar-refractivity contribution is 7.99. The van der Waals surface area contributed by atoms with Gasteiger partial charge < -0.3 is 10.2 Å². The average Bonchev–Trinajstić information content (AvgIpc) is 3.06. The Bertz CT molecular complexity index is 958. The summed E-state index contributed by atoms with van der Waals surface area (Å²) in [6.45, 7) is 0. The maximum Gasteiger partial charge on any atom is 0.416 e. The molecule has 1 fully saturated rings. The van der Waals surface area contributed by atoms with Gasteiger partial charge in [0, 0.05) is 11.7 Å². The molecule has 6 nitrogen and oxygen atoms in total. The Hall–Kier alpha value is -1.30. The zero-order chi connectivity index (χ0) is 27.6. The molecule has 11 heteroatoms. The Morgan fingerprint density at radius 1 is 1.08 bits per heavy atom. The number of amides is 1. The first-order valence-corrected chi connectivity index (χ1v) is 16.0. The quantitative estimate of drug-likeness (QED) is 0.260. The molecule has 1 amide bonds. The second-order valence-electron chi connectivity index (χ2n) is 10.1. The first-order chi connectivity index (χ1) is 17.3. The van der Waals surface area contributed by atoms with Gasteiger partial charge in [0.25, 0.3) is 0 Å². The normalized spacial score (nSPS) is 23.2. The summed E-state index contributed by atoms with van der Waals surface area (Å²) in [4.78, 5) is 11.6. The van der Waals surface area contributed by atoms with Crippen molar-refractivity contribution in [2.45, 2.75) is 94.3 Å². The van der Waals surface area contributed by atoms with Crippen LogP contribution in [0.3, 0.4) is 0 Å². The number of carbonyl (C=O) groups excluding carboxylic acids is 1. The predicted molar refractivity (Wildman–Crippen MR) is 141 cm³/mol. The van der Waals surface area contributed by atoms with Crippen LogP contribution in [-0.4, -0.2) is 54.5 Å². The van der Waals surface area contributed by atoms with Gasteiger partial charge in [0.05, 0.1) is 24.0 Å². The molecule has 0 aliphatic heterocycles. The zero-order valence-corrected chi connectivity index (χ0v) is 23.2. The number of unbranched alkanes of at least 4 members (excludes halogenated alkanes) is 3. The summed E-state index contributed by atoms with van der Waals surface area (Å²) in [6.07, 6.45) is 4.66. The van der Waals surface area contributed by atoms with E-state index in [0.29, 0.717) is 24.8 Å². The number of aryl methyl sites for hydroxylation is 1. The monoisotopic (exact) mass is 567 g/mol. The van der Waals surface area contributed by atoms with Crippen LogP contribution in [0.2, 0.25) is 0 Å². The van der Waals surface area contributed by atoms with Gasteiger partial charge in [-0.05, 0) is 74.7 Å². The second kappa shape index (κ2) is 14.7. The minimum atomic E-state index is -4.35. The van der Waals surface area contributed by atoms with E-state index in [9.17, 15) is 36.6 Å². The number of thioether (sulfide) groups is 1. The minimum absolute atomic E-state index is 0.00509. The number of rotatable bonds is 15. The van der Waals surface area contributed by atoms with Crippen LogP contribution in [-0.2, 0) is 27.4 Å². The van der Waals surface area contributed by atoms with Crippen LogP contribution >= 0.6 is 11.8 Å². The number of benzene rings is 1. The fourth-order valence-corrected chi connectivity index (χ4v) is 6.49. The van der Waals surface area contributed by atoms with E-state index in [4.69, 9.17) is 0 Å². The van der Waals surface area contributed by atoms with Crippen molar-refractivity contribution in [1.82, 2.24) is 4.72 Å². The number of hydrogen-bond donors (Lipinski definition) is 3. The fourth-order valence-electron chi connectivity index (χ4n) is 5.25. The molecular formula is C26H40F3NO5S2. The Morgan fingerprint density at radius 2 is 1.73 bits per heavy atom. The van der Waals surface area contributed by atoms with Crippen molar-refractivity contribution >= 4 is 27.7 Å². The third kappa shape index (κ3) is 11.5. The molecule has 0 saturated heterocycles. The number of carbonyl (C=O) groups is 1. The largest absolute Gasteiger partial charge is 0.416 e. The third-order valence-electron chi connectivity index (χ3n) is 7.18. The molecule has 5 unspecified atom stereocenters. The van der Waals surface area contributed by atoms with Gasteiger partial charge in [-0.2, -0.15) is 24.9 Å². The number of aliphatic hydroxyl groups excluding tert-OH is 2. The number of nitrogens with one attached hydrogen (secondary N) is 1. The van der Waals surface area contributed by atoms with E-state index in [2.05, 4.69) is 0 Å². The van der Waals surface area contributed by atoms with E-state index < -0.39 is 39.9 Å². The van der Waals surface area contributed by atoms with Crippen LogP contribution in [0.5, 0.6) is 0 Å². The Labute approximate surface area is 222 Å². The standard InChI is InChI=1S/C26H40F3NO5S2/c1-36-20(13-12-18-8-7-9-19(16-18)26(27,28)29)14-15-22-21(23(31)17-24(22)32)10-5-3-4-6-11-25(33)30-37(2,34)35/h7-9,16,20-24,31-32H,3-6,10-15,17H2,1-2H3,(H,30,33). The minimum Gasteiger partial charge on any atom is -0.393 e. The summed E-state index contributed by atoms with van der Waals surface area (Å²) < 4.78 is 63.0. The number of halogens is 3. The Kier molecular flexibility index (Phi) is 12.7. The molecule has 0 heterocycles. The maximum atomic E-state index is 13.0. The van der Waals surface area contributed by atoms with E-state index in [1.54, 1.807) is 17.8 Å². The number of aliphatic hydroxyl groups is 2. The molecule has 5 atom stereocenters. The van der Waals surface area contributed by atoms with Gasteiger partial charge in [-0.25, -0.2) is 8.42 Å². The maximum absolute atomic E-state index is 13.0. The lowest BCUT2D eigenvalue weighted by Crippen LogP contribution is -2.28. The van der Waals surface area contributed by atoms with Crippen LogP contribution in [0, 0.1) is 11.8 Å². The van der Waals surface area contributed by atoms with Crippen LogP contribution in [0.4, 0.5) is 13.2 Å².